The molecule has 0 saturated carbocycles. The second kappa shape index (κ2) is 82.3. The summed E-state index contributed by atoms with van der Waals surface area (Å²) in [7, 11) is 0. The van der Waals surface area contributed by atoms with Crippen LogP contribution in [0.25, 0.3) is 0 Å². The molecule has 0 aliphatic rings. The van der Waals surface area contributed by atoms with Gasteiger partial charge in [0.25, 0.3) is 0 Å². The molecular formula is H4CaCuO4Ti-. The Morgan fingerprint density at radius 1 is 0.571 bits per heavy atom. The van der Waals surface area contributed by atoms with E-state index in [2.05, 4.69) is 0 Å². The summed E-state index contributed by atoms with van der Waals surface area (Å²) in [5.41, 5.74) is 0. The Labute approximate surface area is 97.0 Å². The van der Waals surface area contributed by atoms with Crippen LogP contribution in [0.3, 0.4) is 0 Å². The van der Waals surface area contributed by atoms with Crippen LogP contribution >= 0.6 is 0 Å². The molecule has 4 N–H and O–H groups in total. The summed E-state index contributed by atoms with van der Waals surface area (Å²) in [5, 5.41) is 0. The van der Waals surface area contributed by atoms with Crippen LogP contribution in [0.15, 0.2) is 0 Å². The minimum atomic E-state index is 0. The Bertz CT molecular complexity index is 11.7. The van der Waals surface area contributed by atoms with E-state index < -0.39 is 0 Å². The van der Waals surface area contributed by atoms with Gasteiger partial charge in [0.2, 0.25) is 0 Å². The van der Waals surface area contributed by atoms with E-state index in [0.29, 0.717) is 0 Å². The van der Waals surface area contributed by atoms with Gasteiger partial charge in [0.15, 0.2) is 0 Å². The SMILES string of the molecule is [Ca+2].[Cu+].[OH-].[OH-].[OH-].[OH-].[Ti]. The number of hydrogen-bond donors (Lipinski definition) is 0. The molecule has 0 heterocycles. The van der Waals surface area contributed by atoms with Crippen LogP contribution in [0.1, 0.15) is 0 Å². The fourth-order valence-corrected chi connectivity index (χ4v) is 0. The predicted molar refractivity (Wildman–Crippen MR) is 13.5 cm³/mol. The maximum Gasteiger partial charge on any atom is 2.00 e. The van der Waals surface area contributed by atoms with Gasteiger partial charge in [-0.15, -0.1) is 0 Å². The van der Waals surface area contributed by atoms with Crippen LogP contribution in [0.5, 0.6) is 0 Å². The van der Waals surface area contributed by atoms with Crippen molar-refractivity contribution in [2.24, 2.45) is 0 Å². The third-order valence-corrected chi connectivity index (χ3v) is 0. The van der Waals surface area contributed by atoms with Crippen molar-refractivity contribution in [3.63, 3.8) is 0 Å². The van der Waals surface area contributed by atoms with Gasteiger partial charge < -0.3 is 21.9 Å². The molecule has 0 aliphatic carbocycles. The molecule has 0 aromatic heterocycles. The van der Waals surface area contributed by atoms with Crippen molar-refractivity contribution in [1.82, 2.24) is 0 Å². The quantitative estimate of drug-likeness (QED) is 0.480. The van der Waals surface area contributed by atoms with E-state index in [1.54, 1.807) is 0 Å². The van der Waals surface area contributed by atoms with Gasteiger partial charge in [0.05, 0.1) is 0 Å². The van der Waals surface area contributed by atoms with E-state index >= 15 is 0 Å². The Balaban J connectivity index is 0. The van der Waals surface area contributed by atoms with Crippen molar-refractivity contribution >= 4 is 37.7 Å². The van der Waals surface area contributed by atoms with Crippen LogP contribution in [-0.2, 0) is 38.8 Å². The predicted octanol–water partition coefficient (Wildman–Crippen LogP) is -1.09. The first kappa shape index (κ1) is 119. The maximum atomic E-state index is 0. The molecular weight excluding hydrogens is 215 g/mol. The fourth-order valence-electron chi connectivity index (χ4n) is 0. The molecule has 0 spiro atoms. The normalized spacial score (nSPS) is 0. The minimum Gasteiger partial charge on any atom is -0.870 e. The zero-order valence-electron chi connectivity index (χ0n) is 3.30. The third kappa shape index (κ3) is 61.4. The first-order valence-electron chi connectivity index (χ1n) is 0. The van der Waals surface area contributed by atoms with Crippen molar-refractivity contribution in [3.8, 4) is 0 Å². The minimum absolute atomic E-state index is 0. The molecule has 46 valence electrons. The second-order valence-corrected chi connectivity index (χ2v) is 0. The average Bonchev–Trinajstić information content (AvgIpc) is 0. The van der Waals surface area contributed by atoms with Gasteiger partial charge in [0.1, 0.15) is 0 Å². The van der Waals surface area contributed by atoms with Crippen molar-refractivity contribution in [2.75, 3.05) is 0 Å². The van der Waals surface area contributed by atoms with E-state index in [0.717, 1.165) is 0 Å². The molecule has 0 bridgehead atoms. The zero-order chi connectivity index (χ0) is 0. The first-order chi connectivity index (χ1) is 0. The summed E-state index contributed by atoms with van der Waals surface area (Å²) in [6.07, 6.45) is 0. The summed E-state index contributed by atoms with van der Waals surface area (Å²) in [4.78, 5) is 0. The Morgan fingerprint density at radius 2 is 0.571 bits per heavy atom. The Morgan fingerprint density at radius 3 is 0.571 bits per heavy atom. The summed E-state index contributed by atoms with van der Waals surface area (Å²) in [6.45, 7) is 0. The molecule has 0 aromatic carbocycles. The van der Waals surface area contributed by atoms with Gasteiger partial charge >= 0.3 is 54.8 Å². The van der Waals surface area contributed by atoms with Gasteiger partial charge in [-0.1, -0.05) is 0 Å². The molecule has 0 amide bonds. The molecule has 0 saturated heterocycles. The second-order valence-electron chi connectivity index (χ2n) is 0. The molecule has 0 rings (SSSR count). The summed E-state index contributed by atoms with van der Waals surface area (Å²) in [5.74, 6) is 0. The van der Waals surface area contributed by atoms with Crippen molar-refractivity contribution in [1.29, 1.82) is 0 Å². The average molecular weight is 220 g/mol. The third-order valence-electron chi connectivity index (χ3n) is 0. The zero-order valence-corrected chi connectivity index (χ0v) is 8.01. The van der Waals surface area contributed by atoms with Crippen LogP contribution < -0.4 is 0 Å². The van der Waals surface area contributed by atoms with Crippen LogP contribution in [0.2, 0.25) is 0 Å². The molecule has 7 heteroatoms. The monoisotopic (exact) mass is 219 g/mol. The van der Waals surface area contributed by atoms with Gasteiger partial charge in [0, 0.05) is 21.7 Å². The van der Waals surface area contributed by atoms with Crippen molar-refractivity contribution in [3.05, 3.63) is 0 Å². The van der Waals surface area contributed by atoms with Crippen LogP contribution in [0, 0.1) is 0 Å². The Kier molecular flexibility index (Phi) is 1400. The van der Waals surface area contributed by atoms with Crippen LogP contribution in [0.4, 0.5) is 0 Å². The summed E-state index contributed by atoms with van der Waals surface area (Å²) < 4.78 is 0. The first-order valence-corrected chi connectivity index (χ1v) is 0. The number of hydrogen-bond acceptors (Lipinski definition) is 4. The molecule has 0 fully saturated rings. The molecule has 0 atom stereocenters. The van der Waals surface area contributed by atoms with Gasteiger partial charge in [-0.3, -0.25) is 0 Å². The molecule has 7 heavy (non-hydrogen) atoms. The molecule has 4 nitrogen and oxygen atoms in total. The largest absolute Gasteiger partial charge is 2.00 e. The van der Waals surface area contributed by atoms with E-state index in [-0.39, 0.29) is 98.4 Å². The molecule has 0 aromatic rings. The smallest absolute Gasteiger partial charge is 0.870 e. The van der Waals surface area contributed by atoms with E-state index in [1.807, 2.05) is 0 Å². The summed E-state index contributed by atoms with van der Waals surface area (Å²) in [6, 6.07) is 0. The van der Waals surface area contributed by atoms with Crippen molar-refractivity contribution in [2.45, 2.75) is 0 Å². The maximum absolute atomic E-state index is 0. The van der Waals surface area contributed by atoms with Crippen LogP contribution in [-0.4, -0.2) is 59.6 Å². The van der Waals surface area contributed by atoms with Gasteiger partial charge in [-0.25, -0.2) is 0 Å². The van der Waals surface area contributed by atoms with E-state index in [1.165, 1.54) is 0 Å². The topological polar surface area (TPSA) is 120 Å². The van der Waals surface area contributed by atoms with E-state index in [4.69, 9.17) is 0 Å². The fraction of sp³-hybridized carbons (Fsp3) is 0. The summed E-state index contributed by atoms with van der Waals surface area (Å²) >= 11 is 0. The number of rotatable bonds is 0. The van der Waals surface area contributed by atoms with Crippen molar-refractivity contribution < 1.29 is 60.7 Å². The standard InChI is InChI=1S/Ca.Cu.4H2O.Ti/h;;4*1H2;/q+2;+1;;;;;/p-4. The molecule has 0 unspecified atom stereocenters. The van der Waals surface area contributed by atoms with E-state index in [9.17, 15) is 0 Å². The molecule has 0 radical (unpaired) electrons. The molecule has 0 aliphatic heterocycles. The van der Waals surface area contributed by atoms with Gasteiger partial charge in [-0.05, 0) is 0 Å². The van der Waals surface area contributed by atoms with Gasteiger partial charge in [-0.2, -0.15) is 0 Å². The Hall–Kier alpha value is 2.33.